The number of anilines is 3. The Hall–Kier alpha value is -4.51. The van der Waals surface area contributed by atoms with Crippen LogP contribution in [0.1, 0.15) is 54.4 Å². The van der Waals surface area contributed by atoms with Crippen molar-refractivity contribution >= 4 is 34.9 Å². The van der Waals surface area contributed by atoms with Crippen molar-refractivity contribution in [2.75, 3.05) is 35.6 Å². The molecule has 11 heteroatoms. The molecule has 2 aliphatic rings. The third-order valence-corrected chi connectivity index (χ3v) is 7.80. The van der Waals surface area contributed by atoms with Crippen molar-refractivity contribution in [3.05, 3.63) is 66.1 Å². The van der Waals surface area contributed by atoms with Crippen LogP contribution in [0.4, 0.5) is 17.6 Å². The summed E-state index contributed by atoms with van der Waals surface area (Å²) in [4.78, 5) is 41.4. The molecule has 0 bridgehead atoms. The summed E-state index contributed by atoms with van der Waals surface area (Å²) in [6, 6.07) is 10.9. The van der Waals surface area contributed by atoms with E-state index in [2.05, 4.69) is 25.5 Å². The zero-order valence-corrected chi connectivity index (χ0v) is 23.0. The maximum Gasteiger partial charge on any atom is 0.256 e. The van der Waals surface area contributed by atoms with Crippen molar-refractivity contribution in [1.29, 1.82) is 0 Å². The molecular formula is C30H34N8O3. The van der Waals surface area contributed by atoms with E-state index in [1.165, 1.54) is 18.4 Å². The minimum atomic E-state index is -0.295. The number of hydrogen-bond donors (Lipinski definition) is 4. The Bertz CT molecular complexity index is 1580. The zero-order chi connectivity index (χ0) is 28.5. The minimum Gasteiger partial charge on any atom is -0.394 e. The molecule has 1 aliphatic carbocycles. The van der Waals surface area contributed by atoms with Gasteiger partial charge < -0.3 is 26.4 Å². The lowest BCUT2D eigenvalue weighted by molar-refractivity contribution is -0.126. The number of carbonyl (C=O) groups is 2. The second-order valence-corrected chi connectivity index (χ2v) is 10.9. The number of rotatable bonds is 8. The molecule has 1 saturated carbocycles. The molecule has 41 heavy (non-hydrogen) atoms. The van der Waals surface area contributed by atoms with E-state index < -0.39 is 0 Å². The predicted octanol–water partition coefficient (Wildman–Crippen LogP) is 3.22. The number of nitrogens with zero attached hydrogens (tertiary/aromatic N) is 5. The van der Waals surface area contributed by atoms with E-state index in [4.69, 9.17) is 10.7 Å². The molecule has 2 atom stereocenters. The smallest absolute Gasteiger partial charge is 0.256 e. The van der Waals surface area contributed by atoms with Crippen molar-refractivity contribution < 1.29 is 14.7 Å². The number of aromatic nitrogens is 4. The van der Waals surface area contributed by atoms with Gasteiger partial charge >= 0.3 is 0 Å². The van der Waals surface area contributed by atoms with E-state index >= 15 is 0 Å². The maximum atomic E-state index is 13.0. The number of fused-ring (bicyclic) bond motifs is 1. The number of imidazole rings is 1. The third kappa shape index (κ3) is 5.58. The predicted molar refractivity (Wildman–Crippen MR) is 157 cm³/mol. The number of benzene rings is 1. The van der Waals surface area contributed by atoms with Gasteiger partial charge in [0.2, 0.25) is 11.9 Å². The molecule has 1 aliphatic heterocycles. The molecule has 0 radical (unpaired) electrons. The summed E-state index contributed by atoms with van der Waals surface area (Å²) >= 11 is 0. The fourth-order valence-corrected chi connectivity index (χ4v) is 5.41. The van der Waals surface area contributed by atoms with E-state index in [0.29, 0.717) is 46.8 Å². The number of pyridine rings is 1. The fourth-order valence-electron chi connectivity index (χ4n) is 5.41. The van der Waals surface area contributed by atoms with Crippen LogP contribution >= 0.6 is 0 Å². The van der Waals surface area contributed by atoms with Gasteiger partial charge in [0.15, 0.2) is 0 Å². The van der Waals surface area contributed by atoms with Gasteiger partial charge in [-0.15, -0.1) is 0 Å². The Kier molecular flexibility index (Phi) is 7.27. The van der Waals surface area contributed by atoms with Gasteiger partial charge in [0.05, 0.1) is 12.5 Å². The van der Waals surface area contributed by atoms with Crippen LogP contribution in [0.5, 0.6) is 0 Å². The number of piperidine rings is 1. The van der Waals surface area contributed by atoms with E-state index in [9.17, 15) is 14.7 Å². The van der Waals surface area contributed by atoms with Gasteiger partial charge in [0, 0.05) is 48.8 Å². The molecule has 212 valence electrons. The first-order valence-corrected chi connectivity index (χ1v) is 14.1. The molecule has 11 nitrogen and oxygen atoms in total. The molecule has 4 heterocycles. The lowest BCUT2D eigenvalue weighted by atomic mass is 9.97. The number of nitrogens with two attached hydrogens (primary N) is 1. The molecule has 3 aromatic heterocycles. The molecular weight excluding hydrogens is 520 g/mol. The first kappa shape index (κ1) is 26.7. The quantitative estimate of drug-likeness (QED) is 0.259. The van der Waals surface area contributed by atoms with Gasteiger partial charge in [0.1, 0.15) is 22.8 Å². The van der Waals surface area contributed by atoms with E-state index in [1.807, 2.05) is 34.9 Å². The first-order valence-electron chi connectivity index (χ1n) is 14.1. The largest absolute Gasteiger partial charge is 0.394 e. The van der Waals surface area contributed by atoms with E-state index in [0.717, 1.165) is 24.9 Å². The second kappa shape index (κ2) is 11.2. The van der Waals surface area contributed by atoms with Gasteiger partial charge in [-0.05, 0) is 68.4 Å². The van der Waals surface area contributed by atoms with E-state index in [-0.39, 0.29) is 30.4 Å². The highest BCUT2D eigenvalue weighted by atomic mass is 16.3. The molecule has 1 aromatic carbocycles. The standard InChI is InChI=1S/C30H34N8O3/c1-18(17-39)34-29(41)23-3-2-13-37(16-23)30-36-25(26-27(31)33-12-14-38(26)30)20-6-8-21(9-7-20)28(40)35-24-15-22(10-11-32-24)19-4-5-19/h6-12,14-15,18-19,23,39H,2-5,13,16-17H2,1H3,(H2,31,33)(H,34,41)(H,32,35,40). The summed E-state index contributed by atoms with van der Waals surface area (Å²) in [6.45, 7) is 2.92. The summed E-state index contributed by atoms with van der Waals surface area (Å²) in [5.41, 5.74) is 10.2. The van der Waals surface area contributed by atoms with Gasteiger partial charge in [-0.25, -0.2) is 15.0 Å². The minimum absolute atomic E-state index is 0.0677. The topological polar surface area (TPSA) is 151 Å². The summed E-state index contributed by atoms with van der Waals surface area (Å²) < 4.78 is 1.91. The van der Waals surface area contributed by atoms with Crippen molar-refractivity contribution in [3.63, 3.8) is 0 Å². The van der Waals surface area contributed by atoms with Crippen LogP contribution in [-0.4, -0.2) is 62.0 Å². The fraction of sp³-hybridized carbons (Fsp3) is 0.367. The van der Waals surface area contributed by atoms with Crippen LogP contribution in [0.15, 0.2) is 55.0 Å². The summed E-state index contributed by atoms with van der Waals surface area (Å²) in [7, 11) is 0. The summed E-state index contributed by atoms with van der Waals surface area (Å²) in [5.74, 6) is 1.63. The molecule has 5 N–H and O–H groups in total. The number of aliphatic hydroxyl groups is 1. The number of aliphatic hydroxyl groups excluding tert-OH is 1. The van der Waals surface area contributed by atoms with E-state index in [1.54, 1.807) is 31.5 Å². The number of nitrogen functional groups attached to an aromatic ring is 1. The molecule has 1 saturated heterocycles. The number of hydrogen-bond acceptors (Lipinski definition) is 8. The highest BCUT2D eigenvalue weighted by molar-refractivity contribution is 6.04. The lowest BCUT2D eigenvalue weighted by Gasteiger charge is -2.32. The Morgan fingerprint density at radius 1 is 1.12 bits per heavy atom. The van der Waals surface area contributed by atoms with Crippen molar-refractivity contribution in [1.82, 2.24) is 24.7 Å². The Balaban J connectivity index is 1.24. The maximum absolute atomic E-state index is 13.0. The van der Waals surface area contributed by atoms with Crippen LogP contribution in [-0.2, 0) is 4.79 Å². The molecule has 2 fully saturated rings. The van der Waals surface area contributed by atoms with Gasteiger partial charge in [-0.2, -0.15) is 0 Å². The van der Waals surface area contributed by atoms with Crippen LogP contribution in [0.2, 0.25) is 0 Å². The van der Waals surface area contributed by atoms with Crippen LogP contribution in [0.3, 0.4) is 0 Å². The molecule has 6 rings (SSSR count). The summed E-state index contributed by atoms with van der Waals surface area (Å²) in [6.07, 6.45) is 9.15. The van der Waals surface area contributed by atoms with Crippen molar-refractivity contribution in [2.24, 2.45) is 5.92 Å². The number of carbonyl (C=O) groups excluding carboxylic acids is 2. The van der Waals surface area contributed by atoms with Crippen LogP contribution in [0.25, 0.3) is 16.8 Å². The monoisotopic (exact) mass is 554 g/mol. The SMILES string of the molecule is CC(CO)NC(=O)C1CCCN(c2nc(-c3ccc(C(=O)Nc4cc(C5CC5)ccn4)cc3)c3c(N)nccn23)C1. The first-order chi connectivity index (χ1) is 19.9. The zero-order valence-electron chi connectivity index (χ0n) is 23.0. The Labute approximate surface area is 237 Å². The van der Waals surface area contributed by atoms with Crippen molar-refractivity contribution in [3.8, 4) is 11.3 Å². The highest BCUT2D eigenvalue weighted by Crippen LogP contribution is 2.40. The Morgan fingerprint density at radius 2 is 1.93 bits per heavy atom. The normalized spacial score (nSPS) is 17.8. The van der Waals surface area contributed by atoms with Crippen LogP contribution < -0.4 is 21.3 Å². The summed E-state index contributed by atoms with van der Waals surface area (Å²) in [5, 5.41) is 15.1. The van der Waals surface area contributed by atoms with Gasteiger partial charge in [-0.1, -0.05) is 12.1 Å². The average Bonchev–Trinajstić information content (AvgIpc) is 3.77. The molecule has 4 aromatic rings. The third-order valence-electron chi connectivity index (χ3n) is 7.80. The molecule has 2 amide bonds. The average molecular weight is 555 g/mol. The van der Waals surface area contributed by atoms with Gasteiger partial charge in [-0.3, -0.25) is 14.0 Å². The Morgan fingerprint density at radius 3 is 2.68 bits per heavy atom. The molecule has 2 unspecified atom stereocenters. The lowest BCUT2D eigenvalue weighted by Crippen LogP contribution is -2.46. The van der Waals surface area contributed by atoms with Crippen LogP contribution in [0, 0.1) is 5.92 Å². The molecule has 0 spiro atoms. The number of nitrogens with one attached hydrogen (secondary N) is 2. The number of amides is 2. The van der Waals surface area contributed by atoms with Gasteiger partial charge in [0.25, 0.3) is 5.91 Å². The highest BCUT2D eigenvalue weighted by Gasteiger charge is 2.30. The second-order valence-electron chi connectivity index (χ2n) is 10.9. The van der Waals surface area contributed by atoms with Crippen molar-refractivity contribution in [2.45, 2.75) is 44.6 Å².